The Balaban J connectivity index is 2.05. The van der Waals surface area contributed by atoms with Crippen LogP contribution in [0.2, 0.25) is 0 Å². The molecule has 1 aromatic heterocycles. The lowest BCUT2D eigenvalue weighted by Crippen LogP contribution is -2.22. The van der Waals surface area contributed by atoms with Crippen molar-refractivity contribution >= 4 is 16.9 Å². The quantitative estimate of drug-likeness (QED) is 0.440. The topological polar surface area (TPSA) is 69.9 Å². The van der Waals surface area contributed by atoms with Gasteiger partial charge in [-0.1, -0.05) is 45.1 Å². The van der Waals surface area contributed by atoms with E-state index in [-0.39, 0.29) is 13.2 Å². The van der Waals surface area contributed by atoms with E-state index in [1.165, 1.54) is 10.5 Å². The Kier molecular flexibility index (Phi) is 9.11. The molecule has 0 amide bonds. The molecule has 5 heteroatoms. The van der Waals surface area contributed by atoms with Crippen LogP contribution in [0.5, 0.6) is 5.75 Å². The SMILES string of the molecule is CCC(=CC=CC(O)(CC)CC)c1cc(COc2ccc(CO)c(CO)c2)cs1. The molecule has 1 aromatic carbocycles. The Labute approximate surface area is 177 Å². The molecule has 2 rings (SSSR count). The van der Waals surface area contributed by atoms with Gasteiger partial charge >= 0.3 is 0 Å². The molecule has 0 atom stereocenters. The Morgan fingerprint density at radius 3 is 2.41 bits per heavy atom. The highest BCUT2D eigenvalue weighted by molar-refractivity contribution is 7.11. The second-order valence-electron chi connectivity index (χ2n) is 7.07. The molecule has 0 aliphatic carbocycles. The van der Waals surface area contributed by atoms with Crippen LogP contribution in [0.4, 0.5) is 0 Å². The molecule has 0 unspecified atom stereocenters. The zero-order valence-electron chi connectivity index (χ0n) is 17.5. The number of rotatable bonds is 11. The molecule has 0 saturated carbocycles. The van der Waals surface area contributed by atoms with Crippen LogP contribution in [0.3, 0.4) is 0 Å². The van der Waals surface area contributed by atoms with Gasteiger partial charge in [-0.2, -0.15) is 0 Å². The lowest BCUT2D eigenvalue weighted by Gasteiger charge is -2.19. The summed E-state index contributed by atoms with van der Waals surface area (Å²) in [7, 11) is 0. The lowest BCUT2D eigenvalue weighted by atomic mass is 9.97. The maximum absolute atomic E-state index is 10.4. The number of ether oxygens (including phenoxy) is 1. The van der Waals surface area contributed by atoms with E-state index in [9.17, 15) is 15.3 Å². The van der Waals surface area contributed by atoms with Gasteiger partial charge in [0.15, 0.2) is 0 Å². The van der Waals surface area contributed by atoms with Crippen molar-refractivity contribution in [3.63, 3.8) is 0 Å². The first-order valence-electron chi connectivity index (χ1n) is 10.1. The summed E-state index contributed by atoms with van der Waals surface area (Å²) in [6, 6.07) is 7.49. The van der Waals surface area contributed by atoms with Crippen molar-refractivity contribution in [1.29, 1.82) is 0 Å². The van der Waals surface area contributed by atoms with Gasteiger partial charge in [0, 0.05) is 10.4 Å². The van der Waals surface area contributed by atoms with E-state index in [0.717, 1.165) is 12.0 Å². The van der Waals surface area contributed by atoms with Gasteiger partial charge in [0.2, 0.25) is 0 Å². The minimum absolute atomic E-state index is 0.0987. The minimum atomic E-state index is -0.733. The van der Waals surface area contributed by atoms with Crippen molar-refractivity contribution in [3.05, 3.63) is 69.4 Å². The fraction of sp³-hybridized carbons (Fsp3) is 0.417. The maximum atomic E-state index is 10.4. The molecule has 0 fully saturated rings. The smallest absolute Gasteiger partial charge is 0.120 e. The van der Waals surface area contributed by atoms with Crippen molar-refractivity contribution in [1.82, 2.24) is 0 Å². The number of aliphatic hydroxyl groups is 3. The van der Waals surface area contributed by atoms with Crippen molar-refractivity contribution in [3.8, 4) is 5.75 Å². The number of thiophene rings is 1. The Hall–Kier alpha value is -1.92. The fourth-order valence-electron chi connectivity index (χ4n) is 2.98. The van der Waals surface area contributed by atoms with Gasteiger partial charge < -0.3 is 20.1 Å². The normalized spacial score (nSPS) is 12.7. The van der Waals surface area contributed by atoms with Crippen LogP contribution >= 0.6 is 11.3 Å². The van der Waals surface area contributed by atoms with Crippen LogP contribution in [0.1, 0.15) is 61.6 Å². The second kappa shape index (κ2) is 11.3. The average Bonchev–Trinajstić information content (AvgIpc) is 3.23. The second-order valence-corrected chi connectivity index (χ2v) is 7.98. The molecule has 3 N–H and O–H groups in total. The van der Waals surface area contributed by atoms with E-state index < -0.39 is 5.60 Å². The highest BCUT2D eigenvalue weighted by Gasteiger charge is 2.17. The predicted octanol–water partition coefficient (Wildman–Crippen LogP) is 5.21. The van der Waals surface area contributed by atoms with Crippen LogP contribution in [0, 0.1) is 0 Å². The minimum Gasteiger partial charge on any atom is -0.489 e. The standard InChI is InChI=1S/C24H32O4S/c1-4-19(8-7-11-24(27,5-2)6-3)23-12-18(17-29-23)16-28-22-10-9-20(14-25)21(13-22)15-26/h7-13,17,25-27H,4-6,14-16H2,1-3H3. The predicted molar refractivity (Wildman–Crippen MR) is 120 cm³/mol. The average molecular weight is 417 g/mol. The van der Waals surface area contributed by atoms with Crippen LogP contribution in [0.25, 0.3) is 5.57 Å². The lowest BCUT2D eigenvalue weighted by molar-refractivity contribution is 0.0828. The van der Waals surface area contributed by atoms with E-state index in [4.69, 9.17) is 4.74 Å². The summed E-state index contributed by atoms with van der Waals surface area (Å²) >= 11 is 1.68. The molecule has 0 spiro atoms. The number of allylic oxidation sites excluding steroid dienone is 3. The molecule has 0 aliphatic rings. The summed E-state index contributed by atoms with van der Waals surface area (Å²) in [6.07, 6.45) is 8.23. The summed E-state index contributed by atoms with van der Waals surface area (Å²) in [6.45, 7) is 6.33. The summed E-state index contributed by atoms with van der Waals surface area (Å²) in [4.78, 5) is 1.19. The number of hydrogen-bond acceptors (Lipinski definition) is 5. The third kappa shape index (κ3) is 6.54. The summed E-state index contributed by atoms with van der Waals surface area (Å²) in [5.74, 6) is 0.673. The third-order valence-electron chi connectivity index (χ3n) is 5.20. The van der Waals surface area contributed by atoms with Crippen molar-refractivity contribution in [2.45, 2.75) is 65.5 Å². The highest BCUT2D eigenvalue weighted by Crippen LogP contribution is 2.27. The van der Waals surface area contributed by atoms with Gasteiger partial charge in [-0.15, -0.1) is 11.3 Å². The molecule has 0 radical (unpaired) electrons. The Bertz CT molecular complexity index is 831. The first-order chi connectivity index (χ1) is 14.0. The molecule has 4 nitrogen and oxygen atoms in total. The molecule has 2 aromatic rings. The largest absolute Gasteiger partial charge is 0.489 e. The van der Waals surface area contributed by atoms with Gasteiger partial charge in [-0.3, -0.25) is 0 Å². The number of aliphatic hydroxyl groups excluding tert-OH is 2. The van der Waals surface area contributed by atoms with E-state index >= 15 is 0 Å². The Morgan fingerprint density at radius 1 is 1.07 bits per heavy atom. The van der Waals surface area contributed by atoms with E-state index in [1.54, 1.807) is 23.5 Å². The van der Waals surface area contributed by atoms with E-state index in [1.807, 2.05) is 32.1 Å². The zero-order valence-corrected chi connectivity index (χ0v) is 18.3. The van der Waals surface area contributed by atoms with Crippen LogP contribution in [-0.4, -0.2) is 20.9 Å². The van der Waals surface area contributed by atoms with Gasteiger partial charge in [0.05, 0.1) is 18.8 Å². The third-order valence-corrected chi connectivity index (χ3v) is 6.26. The van der Waals surface area contributed by atoms with Gasteiger partial charge in [0.25, 0.3) is 0 Å². The molecule has 29 heavy (non-hydrogen) atoms. The van der Waals surface area contributed by atoms with Crippen molar-refractivity contribution in [2.75, 3.05) is 0 Å². The Morgan fingerprint density at radius 2 is 1.79 bits per heavy atom. The maximum Gasteiger partial charge on any atom is 0.120 e. The zero-order chi connectivity index (χ0) is 21.3. The first-order valence-corrected chi connectivity index (χ1v) is 11.0. The molecular formula is C24H32O4S. The van der Waals surface area contributed by atoms with Crippen LogP contribution < -0.4 is 4.74 Å². The molecular weight excluding hydrogens is 384 g/mol. The van der Waals surface area contributed by atoms with Crippen LogP contribution in [-0.2, 0) is 19.8 Å². The summed E-state index contributed by atoms with van der Waals surface area (Å²) < 4.78 is 5.86. The van der Waals surface area contributed by atoms with Crippen molar-refractivity contribution in [2.24, 2.45) is 0 Å². The monoisotopic (exact) mass is 416 g/mol. The first kappa shape index (κ1) is 23.4. The molecule has 0 aliphatic heterocycles. The fourth-order valence-corrected chi connectivity index (χ4v) is 3.98. The molecule has 158 valence electrons. The summed E-state index contributed by atoms with van der Waals surface area (Å²) in [5, 5.41) is 31.2. The number of benzene rings is 1. The molecule has 1 heterocycles. The van der Waals surface area contributed by atoms with E-state index in [2.05, 4.69) is 24.4 Å². The van der Waals surface area contributed by atoms with Crippen molar-refractivity contribution < 1.29 is 20.1 Å². The molecule has 0 bridgehead atoms. The van der Waals surface area contributed by atoms with Gasteiger partial charge in [-0.05, 0) is 59.5 Å². The van der Waals surface area contributed by atoms with Gasteiger partial charge in [-0.25, -0.2) is 0 Å². The summed E-state index contributed by atoms with van der Waals surface area (Å²) in [5.41, 5.74) is 2.97. The highest BCUT2D eigenvalue weighted by atomic mass is 32.1. The van der Waals surface area contributed by atoms with Crippen LogP contribution in [0.15, 0.2) is 47.9 Å². The molecule has 0 saturated heterocycles. The number of hydrogen-bond donors (Lipinski definition) is 3. The van der Waals surface area contributed by atoms with E-state index in [0.29, 0.717) is 36.3 Å². The van der Waals surface area contributed by atoms with Gasteiger partial charge in [0.1, 0.15) is 12.4 Å².